The highest BCUT2D eigenvalue weighted by Gasteiger charge is 2.42. The summed E-state index contributed by atoms with van der Waals surface area (Å²) in [4.78, 5) is 4.44. The lowest BCUT2D eigenvalue weighted by atomic mass is 9.99. The Labute approximate surface area is 136 Å². The van der Waals surface area contributed by atoms with Gasteiger partial charge in [-0.2, -0.15) is 13.2 Å². The minimum Gasteiger partial charge on any atom is -0.313 e. The third-order valence-electron chi connectivity index (χ3n) is 3.98. The summed E-state index contributed by atoms with van der Waals surface area (Å²) < 4.78 is 40.3. The summed E-state index contributed by atoms with van der Waals surface area (Å²) in [6, 6.07) is 0. The van der Waals surface area contributed by atoms with Crippen molar-refractivity contribution in [3.05, 3.63) is 27.7 Å². The van der Waals surface area contributed by atoms with Crippen LogP contribution in [0.1, 0.15) is 35.7 Å². The van der Waals surface area contributed by atoms with Gasteiger partial charge in [0.15, 0.2) is 0 Å². The van der Waals surface area contributed by atoms with Gasteiger partial charge in [0.05, 0.1) is 23.2 Å². The highest BCUT2D eigenvalue weighted by atomic mass is 32.1. The summed E-state index contributed by atoms with van der Waals surface area (Å²) >= 11 is 1.61. The molecular formula is C14H18F3N5S. The van der Waals surface area contributed by atoms with Crippen molar-refractivity contribution in [2.45, 2.75) is 52.0 Å². The van der Waals surface area contributed by atoms with Crippen LogP contribution in [0.2, 0.25) is 0 Å². The van der Waals surface area contributed by atoms with Crippen molar-refractivity contribution in [1.29, 1.82) is 0 Å². The number of hydrogen-bond acceptors (Lipinski definition) is 5. The second-order valence-electron chi connectivity index (χ2n) is 5.61. The third kappa shape index (κ3) is 3.72. The van der Waals surface area contributed by atoms with Crippen molar-refractivity contribution in [3.8, 4) is 0 Å². The fourth-order valence-electron chi connectivity index (χ4n) is 2.68. The molecule has 0 aromatic carbocycles. The van der Waals surface area contributed by atoms with Gasteiger partial charge in [-0.05, 0) is 12.8 Å². The lowest BCUT2D eigenvalue weighted by Gasteiger charge is -2.26. The summed E-state index contributed by atoms with van der Waals surface area (Å²) in [5, 5.41) is 14.3. The second-order valence-corrected chi connectivity index (χ2v) is 6.55. The van der Waals surface area contributed by atoms with Crippen molar-refractivity contribution in [2.75, 3.05) is 0 Å². The monoisotopic (exact) mass is 345 g/mol. The van der Waals surface area contributed by atoms with Crippen molar-refractivity contribution in [3.63, 3.8) is 0 Å². The van der Waals surface area contributed by atoms with Crippen molar-refractivity contribution >= 4 is 11.3 Å². The molecule has 1 atom stereocenters. The second kappa shape index (κ2) is 6.56. The minimum atomic E-state index is -4.16. The lowest BCUT2D eigenvalue weighted by Crippen LogP contribution is -2.33. The summed E-state index contributed by atoms with van der Waals surface area (Å²) in [5.41, 5.74) is 0.943. The topological polar surface area (TPSA) is 55.6 Å². The molecule has 2 aromatic rings. The van der Waals surface area contributed by atoms with E-state index < -0.39 is 12.1 Å². The molecule has 3 rings (SSSR count). The number of halogens is 3. The molecule has 5 nitrogen and oxygen atoms in total. The van der Waals surface area contributed by atoms with Gasteiger partial charge in [-0.3, -0.25) is 0 Å². The Morgan fingerprint density at radius 3 is 2.87 bits per heavy atom. The van der Waals surface area contributed by atoms with E-state index in [1.54, 1.807) is 15.9 Å². The number of thiazole rings is 1. The molecular weight excluding hydrogens is 327 g/mol. The van der Waals surface area contributed by atoms with E-state index in [0.29, 0.717) is 31.2 Å². The molecule has 0 saturated carbocycles. The van der Waals surface area contributed by atoms with Gasteiger partial charge >= 0.3 is 6.18 Å². The van der Waals surface area contributed by atoms with Crippen LogP contribution in [0.25, 0.3) is 0 Å². The SMILES string of the molecule is CCc1nc(CNCc2nnc3n2C[C@@H](C(F)(F)F)CC3)cs1. The van der Waals surface area contributed by atoms with E-state index in [1.165, 1.54) is 0 Å². The van der Waals surface area contributed by atoms with E-state index in [-0.39, 0.29) is 13.0 Å². The first-order valence-electron chi connectivity index (χ1n) is 7.59. The van der Waals surface area contributed by atoms with Crippen molar-refractivity contribution in [2.24, 2.45) is 5.92 Å². The Hall–Kier alpha value is -1.48. The van der Waals surface area contributed by atoms with Crippen molar-refractivity contribution in [1.82, 2.24) is 25.1 Å². The fourth-order valence-corrected chi connectivity index (χ4v) is 3.42. The van der Waals surface area contributed by atoms with E-state index in [4.69, 9.17) is 0 Å². The molecule has 0 bridgehead atoms. The van der Waals surface area contributed by atoms with Gasteiger partial charge in [-0.15, -0.1) is 21.5 Å². The average molecular weight is 345 g/mol. The van der Waals surface area contributed by atoms with Gasteiger partial charge in [0, 0.05) is 24.9 Å². The van der Waals surface area contributed by atoms with Crippen LogP contribution >= 0.6 is 11.3 Å². The van der Waals surface area contributed by atoms with E-state index in [0.717, 1.165) is 17.1 Å². The number of aryl methyl sites for hydroxylation is 2. The zero-order valence-corrected chi connectivity index (χ0v) is 13.5. The Kier molecular flexibility index (Phi) is 4.67. The van der Waals surface area contributed by atoms with E-state index >= 15 is 0 Å². The molecule has 23 heavy (non-hydrogen) atoms. The number of nitrogens with zero attached hydrogens (tertiary/aromatic N) is 4. The Morgan fingerprint density at radius 2 is 2.17 bits per heavy atom. The fraction of sp³-hybridized carbons (Fsp3) is 0.643. The Morgan fingerprint density at radius 1 is 1.35 bits per heavy atom. The zero-order chi connectivity index (χ0) is 16.4. The molecule has 9 heteroatoms. The number of hydrogen-bond donors (Lipinski definition) is 1. The highest BCUT2D eigenvalue weighted by Crippen LogP contribution is 2.34. The predicted octanol–water partition coefficient (Wildman–Crippen LogP) is 2.71. The molecule has 0 spiro atoms. The lowest BCUT2D eigenvalue weighted by molar-refractivity contribution is -0.182. The first kappa shape index (κ1) is 16.4. The Balaban J connectivity index is 1.60. The highest BCUT2D eigenvalue weighted by molar-refractivity contribution is 7.09. The maximum atomic E-state index is 12.9. The van der Waals surface area contributed by atoms with E-state index in [2.05, 4.69) is 27.4 Å². The zero-order valence-electron chi connectivity index (χ0n) is 12.7. The first-order valence-corrected chi connectivity index (χ1v) is 8.47. The molecule has 0 unspecified atom stereocenters. The van der Waals surface area contributed by atoms with Crippen LogP contribution in [0.15, 0.2) is 5.38 Å². The third-order valence-corrected chi connectivity index (χ3v) is 5.02. The normalized spacial score (nSPS) is 18.2. The summed E-state index contributed by atoms with van der Waals surface area (Å²) in [6.45, 7) is 2.92. The van der Waals surface area contributed by atoms with Crippen LogP contribution in [0.5, 0.6) is 0 Å². The summed E-state index contributed by atoms with van der Waals surface area (Å²) in [7, 11) is 0. The number of fused-ring (bicyclic) bond motifs is 1. The van der Waals surface area contributed by atoms with Gasteiger partial charge < -0.3 is 9.88 Å². The largest absolute Gasteiger partial charge is 0.393 e. The standard InChI is InChI=1S/C14H18F3N5S/c1-2-13-19-10(8-23-13)5-18-6-12-21-20-11-4-3-9(7-22(11)12)14(15,16)17/h8-9,18H,2-7H2,1H3/t9-/m0/s1. The van der Waals surface area contributed by atoms with Crippen LogP contribution in [-0.4, -0.2) is 25.9 Å². The van der Waals surface area contributed by atoms with Gasteiger partial charge in [0.1, 0.15) is 11.6 Å². The van der Waals surface area contributed by atoms with Gasteiger partial charge in [-0.25, -0.2) is 4.98 Å². The van der Waals surface area contributed by atoms with E-state index in [9.17, 15) is 13.2 Å². The van der Waals surface area contributed by atoms with Crippen LogP contribution in [0.3, 0.4) is 0 Å². The quantitative estimate of drug-likeness (QED) is 0.905. The molecule has 1 aliphatic heterocycles. The van der Waals surface area contributed by atoms with Gasteiger partial charge in [0.25, 0.3) is 0 Å². The van der Waals surface area contributed by atoms with Crippen LogP contribution in [0.4, 0.5) is 13.2 Å². The molecule has 0 amide bonds. The van der Waals surface area contributed by atoms with Crippen LogP contribution in [0, 0.1) is 5.92 Å². The maximum absolute atomic E-state index is 12.9. The smallest absolute Gasteiger partial charge is 0.313 e. The van der Waals surface area contributed by atoms with Crippen LogP contribution in [-0.2, 0) is 32.5 Å². The number of alkyl halides is 3. The van der Waals surface area contributed by atoms with Crippen molar-refractivity contribution < 1.29 is 13.2 Å². The average Bonchev–Trinajstić information content (AvgIpc) is 3.13. The van der Waals surface area contributed by atoms with E-state index in [1.807, 2.05) is 5.38 Å². The minimum absolute atomic E-state index is 0.0838. The molecule has 0 saturated heterocycles. The molecule has 1 N–H and O–H groups in total. The molecule has 126 valence electrons. The summed E-state index contributed by atoms with van der Waals surface area (Å²) in [5.74, 6) is -0.112. The molecule has 0 aliphatic carbocycles. The number of aromatic nitrogens is 4. The predicted molar refractivity (Wildman–Crippen MR) is 79.9 cm³/mol. The molecule has 1 aliphatic rings. The molecule has 2 aromatic heterocycles. The first-order chi connectivity index (χ1) is 11.0. The molecule has 0 fully saturated rings. The molecule has 3 heterocycles. The Bertz CT molecular complexity index is 664. The molecule has 0 radical (unpaired) electrons. The number of nitrogens with one attached hydrogen (secondary N) is 1. The summed E-state index contributed by atoms with van der Waals surface area (Å²) in [6.07, 6.45) is -2.85. The van der Waals surface area contributed by atoms with Crippen LogP contribution < -0.4 is 5.32 Å². The van der Waals surface area contributed by atoms with Gasteiger partial charge in [0.2, 0.25) is 0 Å². The number of rotatable bonds is 5. The van der Waals surface area contributed by atoms with Gasteiger partial charge in [-0.1, -0.05) is 6.92 Å². The maximum Gasteiger partial charge on any atom is 0.393 e.